The summed E-state index contributed by atoms with van der Waals surface area (Å²) in [6.45, 7) is 0.517. The zero-order valence-corrected chi connectivity index (χ0v) is 13.3. The molecule has 6 nitrogen and oxygen atoms in total. The monoisotopic (exact) mass is 327 g/mol. The maximum absolute atomic E-state index is 12.0. The van der Waals surface area contributed by atoms with Gasteiger partial charge in [-0.2, -0.15) is 5.10 Å². The highest BCUT2D eigenvalue weighted by molar-refractivity contribution is 7.13. The molecule has 0 saturated heterocycles. The second-order valence-electron chi connectivity index (χ2n) is 5.15. The number of nitrogens with one attached hydrogen (secondary N) is 1. The number of carbonyl (C=O) groups is 1. The van der Waals surface area contributed by atoms with E-state index in [4.69, 9.17) is 5.73 Å². The Bertz CT molecular complexity index is 622. The summed E-state index contributed by atoms with van der Waals surface area (Å²) in [7, 11) is 1.85. The molecule has 1 fully saturated rings. The Morgan fingerprint density at radius 1 is 1.62 bits per heavy atom. The molecule has 114 valence electrons. The van der Waals surface area contributed by atoms with Crippen LogP contribution in [-0.4, -0.2) is 33.3 Å². The second-order valence-corrected chi connectivity index (χ2v) is 6.01. The fraction of sp³-hybridized carbons (Fsp3) is 0.462. The van der Waals surface area contributed by atoms with Crippen molar-refractivity contribution in [1.82, 2.24) is 20.1 Å². The first-order valence-electron chi connectivity index (χ1n) is 6.62. The van der Waals surface area contributed by atoms with Gasteiger partial charge in [-0.3, -0.25) is 9.48 Å². The van der Waals surface area contributed by atoms with Crippen molar-refractivity contribution in [3.8, 4) is 10.6 Å². The Hall–Kier alpha value is -1.44. The maximum Gasteiger partial charge on any atom is 0.270 e. The van der Waals surface area contributed by atoms with E-state index < -0.39 is 0 Å². The molecule has 2 aromatic heterocycles. The van der Waals surface area contributed by atoms with Gasteiger partial charge in [0.2, 0.25) is 0 Å². The van der Waals surface area contributed by atoms with E-state index in [0.29, 0.717) is 18.2 Å². The fourth-order valence-corrected chi connectivity index (χ4v) is 2.81. The smallest absolute Gasteiger partial charge is 0.270 e. The Labute approximate surface area is 133 Å². The van der Waals surface area contributed by atoms with Crippen molar-refractivity contribution in [2.24, 2.45) is 18.7 Å². The van der Waals surface area contributed by atoms with Crippen LogP contribution in [0.25, 0.3) is 10.6 Å². The topological polar surface area (TPSA) is 85.8 Å². The zero-order chi connectivity index (χ0) is 14.1. The molecule has 3 rings (SSSR count). The molecular weight excluding hydrogens is 310 g/mol. The van der Waals surface area contributed by atoms with E-state index in [2.05, 4.69) is 15.4 Å². The quantitative estimate of drug-likeness (QED) is 0.870. The van der Waals surface area contributed by atoms with Gasteiger partial charge in [0, 0.05) is 36.8 Å². The number of hydrogen-bond acceptors (Lipinski definition) is 5. The predicted molar refractivity (Wildman–Crippen MR) is 84.6 cm³/mol. The molecule has 0 aliphatic heterocycles. The molecule has 2 aromatic rings. The Kier molecular flexibility index (Phi) is 4.97. The van der Waals surface area contributed by atoms with Crippen molar-refractivity contribution in [1.29, 1.82) is 0 Å². The van der Waals surface area contributed by atoms with E-state index in [9.17, 15) is 4.79 Å². The second kappa shape index (κ2) is 6.55. The minimum atomic E-state index is -0.160. The summed E-state index contributed by atoms with van der Waals surface area (Å²) in [5.74, 6) is 0.421. The molecule has 0 aromatic carbocycles. The van der Waals surface area contributed by atoms with Gasteiger partial charge >= 0.3 is 0 Å². The van der Waals surface area contributed by atoms with Crippen molar-refractivity contribution in [2.75, 3.05) is 6.54 Å². The van der Waals surface area contributed by atoms with Crippen LogP contribution < -0.4 is 11.1 Å². The van der Waals surface area contributed by atoms with Crippen molar-refractivity contribution >= 4 is 29.7 Å². The SMILES string of the molecule is Cl.Cn1cc(-c2nc(C(=O)NCC(N)C3CC3)cs2)cn1. The summed E-state index contributed by atoms with van der Waals surface area (Å²) in [6.07, 6.45) is 5.98. The molecule has 3 N–H and O–H groups in total. The normalized spacial score (nSPS) is 15.3. The summed E-state index contributed by atoms with van der Waals surface area (Å²) < 4.78 is 1.71. The number of thiazole rings is 1. The van der Waals surface area contributed by atoms with Gasteiger partial charge in [-0.25, -0.2) is 4.98 Å². The molecule has 1 aliphatic carbocycles. The number of rotatable bonds is 5. The lowest BCUT2D eigenvalue weighted by molar-refractivity contribution is 0.0946. The van der Waals surface area contributed by atoms with Gasteiger partial charge in [-0.05, 0) is 18.8 Å². The van der Waals surface area contributed by atoms with Crippen LogP contribution >= 0.6 is 23.7 Å². The van der Waals surface area contributed by atoms with E-state index in [1.807, 2.05) is 13.2 Å². The number of amides is 1. The summed E-state index contributed by atoms with van der Waals surface area (Å²) in [6, 6.07) is 0.0652. The van der Waals surface area contributed by atoms with E-state index in [1.54, 1.807) is 16.3 Å². The number of halogens is 1. The van der Waals surface area contributed by atoms with Gasteiger partial charge in [0.1, 0.15) is 10.7 Å². The first kappa shape index (κ1) is 15.9. The zero-order valence-electron chi connectivity index (χ0n) is 11.7. The Morgan fingerprint density at radius 3 is 3.00 bits per heavy atom. The molecular formula is C13H18ClN5OS. The fourth-order valence-electron chi connectivity index (χ4n) is 2.03. The summed E-state index contributed by atoms with van der Waals surface area (Å²) >= 11 is 1.44. The summed E-state index contributed by atoms with van der Waals surface area (Å²) in [5, 5.41) is 9.51. The van der Waals surface area contributed by atoms with Gasteiger partial charge in [-0.1, -0.05) is 0 Å². The van der Waals surface area contributed by atoms with Crippen LogP contribution in [0.15, 0.2) is 17.8 Å². The van der Waals surface area contributed by atoms with Gasteiger partial charge in [-0.15, -0.1) is 23.7 Å². The standard InChI is InChI=1S/C13H17N5OS.ClH/c1-18-6-9(4-16-18)13-17-11(7-20-13)12(19)15-5-10(14)8-2-3-8;/h4,6-8,10H,2-3,5,14H2,1H3,(H,15,19);1H. The van der Waals surface area contributed by atoms with E-state index in [-0.39, 0.29) is 24.4 Å². The van der Waals surface area contributed by atoms with Crippen LogP contribution in [0.3, 0.4) is 0 Å². The lowest BCUT2D eigenvalue weighted by Crippen LogP contribution is -2.38. The Morgan fingerprint density at radius 2 is 2.38 bits per heavy atom. The molecule has 0 bridgehead atoms. The third-order valence-corrected chi connectivity index (χ3v) is 4.31. The number of aromatic nitrogens is 3. The molecule has 0 radical (unpaired) electrons. The predicted octanol–water partition coefficient (Wildman–Crippen LogP) is 1.43. The molecule has 1 saturated carbocycles. The third-order valence-electron chi connectivity index (χ3n) is 3.41. The molecule has 1 amide bonds. The van der Waals surface area contributed by atoms with Crippen LogP contribution in [0.4, 0.5) is 0 Å². The number of aryl methyl sites for hydroxylation is 1. The molecule has 8 heteroatoms. The lowest BCUT2D eigenvalue weighted by Gasteiger charge is -2.10. The van der Waals surface area contributed by atoms with E-state index in [1.165, 1.54) is 24.2 Å². The lowest BCUT2D eigenvalue weighted by atomic mass is 10.2. The average molecular weight is 328 g/mol. The molecule has 0 spiro atoms. The molecule has 1 aliphatic rings. The van der Waals surface area contributed by atoms with Crippen LogP contribution in [0.5, 0.6) is 0 Å². The highest BCUT2D eigenvalue weighted by Crippen LogP contribution is 2.31. The average Bonchev–Trinajstić information content (AvgIpc) is 3.01. The third kappa shape index (κ3) is 3.81. The van der Waals surface area contributed by atoms with Crippen LogP contribution in [-0.2, 0) is 7.05 Å². The number of carbonyl (C=O) groups excluding carboxylic acids is 1. The first-order valence-corrected chi connectivity index (χ1v) is 7.50. The van der Waals surface area contributed by atoms with Crippen molar-refractivity contribution in [3.05, 3.63) is 23.5 Å². The maximum atomic E-state index is 12.0. The molecule has 1 unspecified atom stereocenters. The highest BCUT2D eigenvalue weighted by Gasteiger charge is 2.28. The minimum absolute atomic E-state index is 0. The van der Waals surface area contributed by atoms with Gasteiger partial charge in [0.25, 0.3) is 5.91 Å². The first-order chi connectivity index (χ1) is 9.63. The van der Waals surface area contributed by atoms with Gasteiger partial charge in [0.05, 0.1) is 6.20 Å². The Balaban J connectivity index is 0.00000161. The van der Waals surface area contributed by atoms with Gasteiger partial charge < -0.3 is 11.1 Å². The number of hydrogen-bond donors (Lipinski definition) is 2. The number of nitrogens with zero attached hydrogens (tertiary/aromatic N) is 3. The summed E-state index contributed by atoms with van der Waals surface area (Å²) in [4.78, 5) is 16.3. The van der Waals surface area contributed by atoms with Crippen LogP contribution in [0.2, 0.25) is 0 Å². The van der Waals surface area contributed by atoms with Crippen molar-refractivity contribution < 1.29 is 4.79 Å². The summed E-state index contributed by atoms with van der Waals surface area (Å²) in [5.41, 5.74) is 7.32. The highest BCUT2D eigenvalue weighted by atomic mass is 35.5. The van der Waals surface area contributed by atoms with E-state index >= 15 is 0 Å². The van der Waals surface area contributed by atoms with Crippen molar-refractivity contribution in [3.63, 3.8) is 0 Å². The van der Waals surface area contributed by atoms with Crippen LogP contribution in [0, 0.1) is 5.92 Å². The van der Waals surface area contributed by atoms with Crippen molar-refractivity contribution in [2.45, 2.75) is 18.9 Å². The molecule has 21 heavy (non-hydrogen) atoms. The largest absolute Gasteiger partial charge is 0.349 e. The minimum Gasteiger partial charge on any atom is -0.349 e. The van der Waals surface area contributed by atoms with Gasteiger partial charge in [0.15, 0.2) is 0 Å². The number of nitrogens with two attached hydrogens (primary N) is 1. The molecule has 2 heterocycles. The van der Waals surface area contributed by atoms with E-state index in [0.717, 1.165) is 10.6 Å². The van der Waals surface area contributed by atoms with Crippen LogP contribution in [0.1, 0.15) is 23.3 Å². The molecule has 1 atom stereocenters.